The van der Waals surface area contributed by atoms with E-state index in [0.717, 1.165) is 19.1 Å². The first-order valence-electron chi connectivity index (χ1n) is 7.35. The number of carbonyl (C=O) groups excluding carboxylic acids is 2. The highest BCUT2D eigenvalue weighted by atomic mass is 32.2. The van der Waals surface area contributed by atoms with Crippen LogP contribution < -0.4 is 4.18 Å². The van der Waals surface area contributed by atoms with Crippen LogP contribution in [0.5, 0.6) is 5.75 Å². The molecule has 0 aliphatic carbocycles. The monoisotopic (exact) mass is 408 g/mol. The fourth-order valence-corrected chi connectivity index (χ4v) is 2.79. The summed E-state index contributed by atoms with van der Waals surface area (Å²) in [7, 11) is -6.19. The molecule has 27 heavy (non-hydrogen) atoms. The van der Waals surface area contributed by atoms with Crippen LogP contribution in [0.25, 0.3) is 10.8 Å². The van der Waals surface area contributed by atoms with Gasteiger partial charge in [0.25, 0.3) is 5.78 Å². The fraction of sp³-hybridized carbons (Fsp3) is 0.250. The number of ether oxygens (including phenoxy) is 1. The molecule has 0 saturated carbocycles. The summed E-state index contributed by atoms with van der Waals surface area (Å²) in [6, 6.07) is 4.83. The zero-order chi connectivity index (χ0) is 20.6. The van der Waals surface area contributed by atoms with E-state index in [-0.39, 0.29) is 12.0 Å². The minimum Gasteiger partial charge on any atom is -0.460 e. The number of fused-ring (bicyclic) bond motifs is 1. The van der Waals surface area contributed by atoms with Crippen molar-refractivity contribution in [2.24, 2.45) is 0 Å². The second-order valence-corrected chi connectivity index (χ2v) is 6.76. The molecule has 0 bridgehead atoms. The van der Waals surface area contributed by atoms with Crippen molar-refractivity contribution in [3.8, 4) is 5.75 Å². The van der Waals surface area contributed by atoms with Gasteiger partial charge in [-0.3, -0.25) is 4.79 Å². The third-order valence-corrected chi connectivity index (χ3v) is 4.46. The average Bonchev–Trinajstić information content (AvgIpc) is 2.58. The van der Waals surface area contributed by atoms with Gasteiger partial charge in [-0.15, -0.1) is 0 Å². The summed E-state index contributed by atoms with van der Waals surface area (Å²) in [6.07, 6.45) is 0. The molecule has 2 aromatic carbocycles. The van der Waals surface area contributed by atoms with Gasteiger partial charge in [0.15, 0.2) is 5.75 Å². The predicted octanol–water partition coefficient (Wildman–Crippen LogP) is 3.26. The Morgan fingerprint density at radius 2 is 1.67 bits per heavy atom. The Kier molecular flexibility index (Phi) is 5.45. The first kappa shape index (κ1) is 20.6. The minimum absolute atomic E-state index is 0.239. The van der Waals surface area contributed by atoms with Crippen LogP contribution >= 0.6 is 0 Å². The van der Waals surface area contributed by atoms with Crippen molar-refractivity contribution in [2.75, 3.05) is 6.61 Å². The molecule has 0 aromatic heterocycles. The molecule has 0 aliphatic rings. The van der Waals surface area contributed by atoms with E-state index in [9.17, 15) is 35.6 Å². The van der Waals surface area contributed by atoms with Gasteiger partial charge in [-0.05, 0) is 13.8 Å². The van der Waals surface area contributed by atoms with Crippen molar-refractivity contribution < 1.29 is 44.5 Å². The van der Waals surface area contributed by atoms with Crippen LogP contribution in [0.1, 0.15) is 22.8 Å². The van der Waals surface area contributed by atoms with Crippen molar-refractivity contribution in [1.29, 1.82) is 0 Å². The summed E-state index contributed by atoms with van der Waals surface area (Å²) in [4.78, 5) is 24.0. The van der Waals surface area contributed by atoms with Crippen LogP contribution in [0.4, 0.5) is 17.6 Å². The molecule has 0 unspecified atom stereocenters. The van der Waals surface area contributed by atoms with Crippen LogP contribution in [0.3, 0.4) is 0 Å². The zero-order valence-electron chi connectivity index (χ0n) is 13.9. The standard InChI is InChI=1S/C16H12F4O6S/c1-3-25-15(22)13(21)11-8(2)12(17)9-6-4-5-7-10(9)14(11)26-27(23,24)16(18,19)20/h4-7H,3H2,1-2H3. The zero-order valence-corrected chi connectivity index (χ0v) is 14.7. The normalized spacial score (nSPS) is 12.1. The van der Waals surface area contributed by atoms with Gasteiger partial charge in [0.2, 0.25) is 0 Å². The predicted molar refractivity (Wildman–Crippen MR) is 85.2 cm³/mol. The quantitative estimate of drug-likeness (QED) is 0.189. The van der Waals surface area contributed by atoms with Crippen LogP contribution in [0.15, 0.2) is 24.3 Å². The van der Waals surface area contributed by atoms with Crippen LogP contribution in [0.2, 0.25) is 0 Å². The van der Waals surface area contributed by atoms with E-state index in [1.807, 2.05) is 0 Å². The Hall–Kier alpha value is -2.69. The second-order valence-electron chi connectivity index (χ2n) is 5.22. The number of rotatable bonds is 5. The molecule has 2 rings (SSSR count). The fourth-order valence-electron chi connectivity index (χ4n) is 2.30. The van der Waals surface area contributed by atoms with Gasteiger partial charge in [-0.2, -0.15) is 21.6 Å². The first-order valence-corrected chi connectivity index (χ1v) is 8.76. The smallest absolute Gasteiger partial charge is 0.460 e. The van der Waals surface area contributed by atoms with E-state index >= 15 is 0 Å². The third-order valence-electron chi connectivity index (χ3n) is 3.50. The van der Waals surface area contributed by atoms with Crippen molar-refractivity contribution in [3.05, 3.63) is 41.2 Å². The molecule has 0 N–H and O–H groups in total. The third kappa shape index (κ3) is 3.72. The number of benzene rings is 2. The molecule has 0 heterocycles. The molecule has 146 valence electrons. The van der Waals surface area contributed by atoms with E-state index in [1.54, 1.807) is 0 Å². The highest BCUT2D eigenvalue weighted by Gasteiger charge is 2.49. The van der Waals surface area contributed by atoms with Crippen molar-refractivity contribution in [2.45, 2.75) is 19.4 Å². The van der Waals surface area contributed by atoms with Gasteiger partial charge in [0.1, 0.15) is 5.82 Å². The molecular formula is C16H12F4O6S. The molecule has 0 radical (unpaired) electrons. The number of esters is 1. The molecule has 0 fully saturated rings. The Labute approximate surface area is 150 Å². The van der Waals surface area contributed by atoms with Gasteiger partial charge >= 0.3 is 21.6 Å². The highest BCUT2D eigenvalue weighted by molar-refractivity contribution is 7.88. The molecular weight excluding hydrogens is 396 g/mol. The van der Waals surface area contributed by atoms with Gasteiger partial charge < -0.3 is 8.92 Å². The van der Waals surface area contributed by atoms with Gasteiger partial charge in [-0.25, -0.2) is 9.18 Å². The van der Waals surface area contributed by atoms with E-state index in [0.29, 0.717) is 0 Å². The summed E-state index contributed by atoms with van der Waals surface area (Å²) < 4.78 is 84.4. The molecule has 6 nitrogen and oxygen atoms in total. The molecule has 0 saturated heterocycles. The molecule has 0 aliphatic heterocycles. The molecule has 2 aromatic rings. The van der Waals surface area contributed by atoms with E-state index < -0.39 is 55.5 Å². The largest absolute Gasteiger partial charge is 0.534 e. The minimum atomic E-state index is -6.19. The summed E-state index contributed by atoms with van der Waals surface area (Å²) in [5.41, 5.74) is -7.32. The number of halogens is 4. The van der Waals surface area contributed by atoms with Crippen molar-refractivity contribution >= 4 is 32.6 Å². The van der Waals surface area contributed by atoms with E-state index in [2.05, 4.69) is 8.92 Å². The number of hydrogen-bond donors (Lipinski definition) is 0. The van der Waals surface area contributed by atoms with E-state index in [1.165, 1.54) is 19.1 Å². The Balaban J connectivity index is 2.86. The molecule has 0 atom stereocenters. The summed E-state index contributed by atoms with van der Waals surface area (Å²) >= 11 is 0. The molecule has 0 amide bonds. The molecule has 11 heteroatoms. The number of hydrogen-bond acceptors (Lipinski definition) is 6. The maximum absolute atomic E-state index is 14.6. The summed E-state index contributed by atoms with van der Waals surface area (Å²) in [5, 5.41) is -0.719. The maximum Gasteiger partial charge on any atom is 0.534 e. The van der Waals surface area contributed by atoms with E-state index in [4.69, 9.17) is 0 Å². The number of ketones is 1. The Morgan fingerprint density at radius 1 is 1.11 bits per heavy atom. The number of carbonyl (C=O) groups is 2. The Bertz CT molecular complexity index is 1030. The lowest BCUT2D eigenvalue weighted by molar-refractivity contribution is -0.137. The van der Waals surface area contributed by atoms with Gasteiger partial charge in [0.05, 0.1) is 12.2 Å². The SMILES string of the molecule is CCOC(=O)C(=O)c1c(C)c(F)c2ccccc2c1OS(=O)(=O)C(F)(F)F. The van der Waals surface area contributed by atoms with Crippen LogP contribution in [-0.4, -0.2) is 32.3 Å². The summed E-state index contributed by atoms with van der Waals surface area (Å²) in [5.74, 6) is -5.15. The van der Waals surface area contributed by atoms with Crippen LogP contribution in [-0.2, 0) is 19.6 Å². The number of Topliss-reactive ketones (excluding diaryl/α,β-unsaturated/α-hetero) is 1. The first-order chi connectivity index (χ1) is 12.4. The second kappa shape index (κ2) is 7.14. The van der Waals surface area contributed by atoms with Crippen LogP contribution in [0, 0.1) is 12.7 Å². The van der Waals surface area contributed by atoms with Crippen molar-refractivity contribution in [3.63, 3.8) is 0 Å². The van der Waals surface area contributed by atoms with Gasteiger partial charge in [-0.1, -0.05) is 24.3 Å². The number of alkyl halides is 3. The lowest BCUT2D eigenvalue weighted by Gasteiger charge is -2.17. The van der Waals surface area contributed by atoms with Gasteiger partial charge in [0, 0.05) is 16.3 Å². The average molecular weight is 408 g/mol. The lowest BCUT2D eigenvalue weighted by atomic mass is 9.96. The van der Waals surface area contributed by atoms with Crippen molar-refractivity contribution in [1.82, 2.24) is 0 Å². The lowest BCUT2D eigenvalue weighted by Crippen LogP contribution is -2.29. The topological polar surface area (TPSA) is 86.7 Å². The molecule has 0 spiro atoms. The highest BCUT2D eigenvalue weighted by Crippen LogP contribution is 2.38. The summed E-state index contributed by atoms with van der Waals surface area (Å²) in [6.45, 7) is 2.13. The maximum atomic E-state index is 14.6. The Morgan fingerprint density at radius 3 is 2.19 bits per heavy atom.